The summed E-state index contributed by atoms with van der Waals surface area (Å²) in [6, 6.07) is 14.6. The Hall–Kier alpha value is -4.48. The van der Waals surface area contributed by atoms with E-state index in [0.29, 0.717) is 17.9 Å². The first kappa shape index (κ1) is 39.0. The highest BCUT2D eigenvalue weighted by molar-refractivity contribution is 5.87. The minimum absolute atomic E-state index is 0.0367. The molecule has 0 heterocycles. The molecule has 49 heavy (non-hydrogen) atoms. The number of benzene rings is 3. The molecule has 0 saturated heterocycles. The van der Waals surface area contributed by atoms with Crippen LogP contribution in [0, 0.1) is 0 Å². The lowest BCUT2D eigenvalue weighted by Crippen LogP contribution is -2.22. The van der Waals surface area contributed by atoms with Crippen molar-refractivity contribution in [3.63, 3.8) is 0 Å². The van der Waals surface area contributed by atoms with Gasteiger partial charge in [-0.25, -0.2) is 4.79 Å². The number of hydrogen-bond acceptors (Lipinski definition) is 7. The maximum atomic E-state index is 14.9. The quantitative estimate of drug-likeness (QED) is 0.0377. The number of nitrogen functional groups attached to an aromatic ring is 2. The number of methoxy groups -OCH3 is 1. The second-order valence-corrected chi connectivity index (χ2v) is 11.7. The molecular weight excluding hydrogens is 647 g/mol. The summed E-state index contributed by atoms with van der Waals surface area (Å²) in [4.78, 5) is 12.1. The van der Waals surface area contributed by atoms with Crippen LogP contribution in [0.4, 0.5) is 33.3 Å². The van der Waals surface area contributed by atoms with Gasteiger partial charge >= 0.3 is 18.3 Å². The van der Waals surface area contributed by atoms with Crippen molar-refractivity contribution in [1.29, 1.82) is 0 Å². The number of halogens is 5. The van der Waals surface area contributed by atoms with Gasteiger partial charge in [-0.3, -0.25) is 0 Å². The average Bonchev–Trinajstić information content (AvgIpc) is 3.05. The Morgan fingerprint density at radius 2 is 1.43 bits per heavy atom. The molecule has 12 heteroatoms. The second kappa shape index (κ2) is 19.5. The van der Waals surface area contributed by atoms with Crippen LogP contribution in [0.3, 0.4) is 0 Å². The fraction of sp³-hybridized carbons (Fsp3) is 0.432. The molecule has 0 unspecified atom stereocenters. The van der Waals surface area contributed by atoms with Gasteiger partial charge in [-0.15, -0.1) is 0 Å². The standard InChI is InChI=1S/C37H45F5N2O5/c1-46-34-25-29(16-20-33(34)47-24-10-22-36(38,39)40)37(41,42)49-31-18-12-27(13-19-31)14-21-35(45)48-23-9-7-5-3-2-4-6-8-11-28-15-17-30(43)26-32(28)44/h12-21,25-26H,2-11,22-24,43-44H2,1H3/b21-14+. The molecule has 0 aromatic heterocycles. The van der Waals surface area contributed by atoms with Crippen LogP contribution in [-0.2, 0) is 22.1 Å². The van der Waals surface area contributed by atoms with Crippen LogP contribution in [0.15, 0.2) is 66.7 Å². The van der Waals surface area contributed by atoms with Gasteiger partial charge in [0.05, 0.1) is 25.9 Å². The Bertz CT molecular complexity index is 1480. The van der Waals surface area contributed by atoms with Crippen molar-refractivity contribution < 1.29 is 45.7 Å². The fourth-order valence-electron chi connectivity index (χ4n) is 4.98. The van der Waals surface area contributed by atoms with Crippen LogP contribution >= 0.6 is 0 Å². The molecule has 0 aliphatic carbocycles. The lowest BCUT2D eigenvalue weighted by Gasteiger charge is -2.20. The summed E-state index contributed by atoms with van der Waals surface area (Å²) >= 11 is 0. The van der Waals surface area contributed by atoms with Crippen molar-refractivity contribution in [2.75, 3.05) is 31.8 Å². The van der Waals surface area contributed by atoms with Crippen LogP contribution in [0.5, 0.6) is 17.2 Å². The van der Waals surface area contributed by atoms with E-state index < -0.39 is 30.2 Å². The topological polar surface area (TPSA) is 106 Å². The number of anilines is 2. The van der Waals surface area contributed by atoms with Crippen LogP contribution in [0.2, 0.25) is 0 Å². The maximum Gasteiger partial charge on any atom is 0.426 e. The van der Waals surface area contributed by atoms with Gasteiger partial charge in [-0.1, -0.05) is 56.7 Å². The first-order valence-electron chi connectivity index (χ1n) is 16.4. The van der Waals surface area contributed by atoms with E-state index in [1.165, 1.54) is 56.0 Å². The van der Waals surface area contributed by atoms with Gasteiger partial charge in [0.15, 0.2) is 11.5 Å². The summed E-state index contributed by atoms with van der Waals surface area (Å²) in [6.45, 7) is 0.0660. The van der Waals surface area contributed by atoms with Crippen molar-refractivity contribution in [1.82, 2.24) is 0 Å². The lowest BCUT2D eigenvalue weighted by atomic mass is 10.0. The number of nitrogens with two attached hydrogens (primary N) is 2. The maximum absolute atomic E-state index is 14.9. The molecule has 0 amide bonds. The minimum Gasteiger partial charge on any atom is -0.493 e. The van der Waals surface area contributed by atoms with Gasteiger partial charge in [0, 0.05) is 23.9 Å². The number of hydrogen-bond donors (Lipinski definition) is 2. The number of unbranched alkanes of at least 4 members (excludes halogenated alkanes) is 7. The number of ether oxygens (including phenoxy) is 4. The van der Waals surface area contributed by atoms with Crippen LogP contribution in [-0.4, -0.2) is 32.5 Å². The number of rotatable bonds is 21. The summed E-state index contributed by atoms with van der Waals surface area (Å²) in [5, 5.41) is 0. The Morgan fingerprint density at radius 3 is 2.08 bits per heavy atom. The molecule has 0 spiro atoms. The summed E-state index contributed by atoms with van der Waals surface area (Å²) < 4.78 is 87.3. The summed E-state index contributed by atoms with van der Waals surface area (Å²) in [6.07, 6.45) is 2.93. The zero-order chi connectivity index (χ0) is 35.7. The monoisotopic (exact) mass is 692 g/mol. The number of carbonyl (C=O) groups excluding carboxylic acids is 1. The molecule has 7 nitrogen and oxygen atoms in total. The normalized spacial score (nSPS) is 11.9. The molecule has 3 aromatic rings. The third kappa shape index (κ3) is 14.7. The molecule has 0 aliphatic rings. The SMILES string of the molecule is COc1cc(C(F)(F)Oc2ccc(/C=C/C(=O)OCCCCCCCCCCc3ccc(N)cc3N)cc2)ccc1OCCCC(F)(F)F. The molecule has 0 radical (unpaired) electrons. The van der Waals surface area contributed by atoms with Gasteiger partial charge < -0.3 is 30.4 Å². The van der Waals surface area contributed by atoms with Crippen molar-refractivity contribution in [3.8, 4) is 17.2 Å². The van der Waals surface area contributed by atoms with Gasteiger partial charge in [-0.05, 0) is 85.4 Å². The molecule has 4 N–H and O–H groups in total. The van der Waals surface area contributed by atoms with Gasteiger partial charge in [0.25, 0.3) is 0 Å². The Balaban J connectivity index is 1.30. The molecular formula is C37H45F5N2O5. The minimum atomic E-state index is -4.31. The van der Waals surface area contributed by atoms with E-state index in [9.17, 15) is 26.7 Å². The van der Waals surface area contributed by atoms with Crippen LogP contribution in [0.1, 0.15) is 80.9 Å². The molecule has 0 aliphatic heterocycles. The van der Waals surface area contributed by atoms with E-state index in [1.54, 1.807) is 6.07 Å². The Kier molecular flexibility index (Phi) is 15.5. The lowest BCUT2D eigenvalue weighted by molar-refractivity contribution is -0.185. The third-order valence-electron chi connectivity index (χ3n) is 7.65. The number of carbonyl (C=O) groups is 1. The first-order valence-corrected chi connectivity index (χ1v) is 16.4. The largest absolute Gasteiger partial charge is 0.493 e. The van der Waals surface area contributed by atoms with Crippen LogP contribution < -0.4 is 25.7 Å². The Labute approximate surface area is 284 Å². The highest BCUT2D eigenvalue weighted by atomic mass is 19.4. The predicted molar refractivity (Wildman–Crippen MR) is 181 cm³/mol. The average molecular weight is 693 g/mol. The van der Waals surface area contributed by atoms with E-state index in [0.717, 1.165) is 74.8 Å². The number of alkyl halides is 5. The number of esters is 1. The molecule has 268 valence electrons. The second-order valence-electron chi connectivity index (χ2n) is 11.7. The van der Waals surface area contributed by atoms with Gasteiger partial charge in [0.1, 0.15) is 5.75 Å². The van der Waals surface area contributed by atoms with E-state index in [1.807, 2.05) is 12.1 Å². The smallest absolute Gasteiger partial charge is 0.426 e. The van der Waals surface area contributed by atoms with E-state index >= 15 is 0 Å². The van der Waals surface area contributed by atoms with Crippen molar-refractivity contribution >= 4 is 23.4 Å². The molecule has 3 rings (SSSR count). The van der Waals surface area contributed by atoms with Crippen molar-refractivity contribution in [2.24, 2.45) is 0 Å². The molecule has 0 fully saturated rings. The summed E-state index contributed by atoms with van der Waals surface area (Å²) in [5.74, 6) is -0.649. The highest BCUT2D eigenvalue weighted by Gasteiger charge is 2.35. The highest BCUT2D eigenvalue weighted by Crippen LogP contribution is 2.37. The summed E-state index contributed by atoms with van der Waals surface area (Å²) in [7, 11) is 1.23. The Morgan fingerprint density at radius 1 is 0.755 bits per heavy atom. The van der Waals surface area contributed by atoms with E-state index in [4.69, 9.17) is 30.4 Å². The zero-order valence-electron chi connectivity index (χ0n) is 27.7. The molecule has 0 atom stereocenters. The predicted octanol–water partition coefficient (Wildman–Crippen LogP) is 9.63. The van der Waals surface area contributed by atoms with Crippen LogP contribution in [0.25, 0.3) is 6.08 Å². The zero-order valence-corrected chi connectivity index (χ0v) is 27.7. The van der Waals surface area contributed by atoms with E-state index in [-0.39, 0.29) is 30.3 Å². The summed E-state index contributed by atoms with van der Waals surface area (Å²) in [5.41, 5.74) is 14.4. The van der Waals surface area contributed by atoms with Crippen molar-refractivity contribution in [3.05, 3.63) is 83.4 Å². The molecule has 3 aromatic carbocycles. The molecule has 0 saturated carbocycles. The number of aryl methyl sites for hydroxylation is 1. The van der Waals surface area contributed by atoms with E-state index in [2.05, 4.69) is 0 Å². The fourth-order valence-corrected chi connectivity index (χ4v) is 4.98. The van der Waals surface area contributed by atoms with Gasteiger partial charge in [0.2, 0.25) is 0 Å². The first-order chi connectivity index (χ1) is 23.4. The van der Waals surface area contributed by atoms with Crippen molar-refractivity contribution in [2.45, 2.75) is 82.9 Å². The van der Waals surface area contributed by atoms with Gasteiger partial charge in [-0.2, -0.15) is 22.0 Å². The molecule has 0 bridgehead atoms. The third-order valence-corrected chi connectivity index (χ3v) is 7.65.